The lowest BCUT2D eigenvalue weighted by atomic mass is 9.76. The molecule has 25 heavy (non-hydrogen) atoms. The van der Waals surface area contributed by atoms with Crippen molar-refractivity contribution in [2.24, 2.45) is 5.41 Å². The summed E-state index contributed by atoms with van der Waals surface area (Å²) in [6.07, 6.45) is 3.37. The monoisotopic (exact) mass is 364 g/mol. The highest BCUT2D eigenvalue weighted by molar-refractivity contribution is 7.97. The number of ether oxygens (including phenoxy) is 2. The molecule has 0 N–H and O–H groups in total. The first-order valence-corrected chi connectivity index (χ1v) is 10.1. The molecular formula is C19H25FN2O2S. The maximum absolute atomic E-state index is 13.0. The summed E-state index contributed by atoms with van der Waals surface area (Å²) in [6.45, 7) is 7.27. The summed E-state index contributed by atoms with van der Waals surface area (Å²) < 4.78 is 27.1. The summed E-state index contributed by atoms with van der Waals surface area (Å²) in [5, 5.41) is 0. The average Bonchev–Trinajstić information content (AvgIpc) is 2.93. The highest BCUT2D eigenvalue weighted by Crippen LogP contribution is 2.45. The van der Waals surface area contributed by atoms with Crippen LogP contribution in [-0.2, 0) is 9.47 Å². The molecule has 6 heteroatoms. The van der Waals surface area contributed by atoms with Crippen LogP contribution in [0.25, 0.3) is 0 Å². The number of nitrogens with zero attached hydrogens (tertiary/aromatic N) is 2. The summed E-state index contributed by atoms with van der Waals surface area (Å²) in [4.78, 5) is 3.72. The van der Waals surface area contributed by atoms with E-state index < -0.39 is 0 Å². The Morgan fingerprint density at radius 3 is 2.44 bits per heavy atom. The molecule has 4 heterocycles. The summed E-state index contributed by atoms with van der Waals surface area (Å²) in [5.74, 6) is -0.173. The van der Waals surface area contributed by atoms with Crippen molar-refractivity contribution < 1.29 is 13.9 Å². The second-order valence-corrected chi connectivity index (χ2v) is 9.39. The fourth-order valence-electron chi connectivity index (χ4n) is 4.68. The minimum atomic E-state index is -0.173. The Kier molecular flexibility index (Phi) is 4.10. The molecule has 4 aliphatic heterocycles. The SMILES string of the molecule is Fc1ccc(SN2CCC3(CC2)CC(N2CC4(COC4)C2)CO3)cc1. The number of rotatable bonds is 3. The van der Waals surface area contributed by atoms with Gasteiger partial charge in [0, 0.05) is 42.5 Å². The fourth-order valence-corrected chi connectivity index (χ4v) is 5.60. The van der Waals surface area contributed by atoms with Crippen molar-refractivity contribution in [3.05, 3.63) is 30.1 Å². The molecule has 0 radical (unpaired) electrons. The molecule has 4 fully saturated rings. The third kappa shape index (κ3) is 3.12. The van der Waals surface area contributed by atoms with E-state index in [1.807, 2.05) is 12.1 Å². The molecule has 2 spiro atoms. The molecule has 1 unspecified atom stereocenters. The Morgan fingerprint density at radius 2 is 1.80 bits per heavy atom. The predicted molar refractivity (Wildman–Crippen MR) is 95.0 cm³/mol. The fraction of sp³-hybridized carbons (Fsp3) is 0.684. The standard InChI is InChI=1S/C19H25FN2O2S/c20-15-1-3-17(4-2-15)25-22-7-5-19(6-8-22)9-16(10-24-19)21-11-18(12-21)13-23-14-18/h1-4,16H,5-14H2. The molecule has 5 rings (SSSR count). The van der Waals surface area contributed by atoms with E-state index in [0.717, 1.165) is 50.6 Å². The average molecular weight is 364 g/mol. The van der Waals surface area contributed by atoms with Crippen LogP contribution < -0.4 is 0 Å². The van der Waals surface area contributed by atoms with Crippen molar-refractivity contribution in [1.29, 1.82) is 0 Å². The molecule has 0 saturated carbocycles. The molecule has 136 valence electrons. The number of benzene rings is 1. The van der Waals surface area contributed by atoms with Crippen LogP contribution in [0.3, 0.4) is 0 Å². The highest BCUT2D eigenvalue weighted by Gasteiger charge is 2.54. The number of halogens is 1. The molecule has 0 bridgehead atoms. The third-order valence-electron chi connectivity index (χ3n) is 6.28. The summed E-state index contributed by atoms with van der Waals surface area (Å²) >= 11 is 1.74. The van der Waals surface area contributed by atoms with Gasteiger partial charge in [0.25, 0.3) is 0 Å². The van der Waals surface area contributed by atoms with E-state index in [0.29, 0.717) is 11.5 Å². The van der Waals surface area contributed by atoms with E-state index in [9.17, 15) is 4.39 Å². The minimum absolute atomic E-state index is 0.0867. The topological polar surface area (TPSA) is 24.9 Å². The van der Waals surface area contributed by atoms with Crippen molar-refractivity contribution in [3.8, 4) is 0 Å². The summed E-state index contributed by atoms with van der Waals surface area (Å²) in [6, 6.07) is 7.38. The van der Waals surface area contributed by atoms with Gasteiger partial charge in [0.1, 0.15) is 5.82 Å². The van der Waals surface area contributed by atoms with Crippen LogP contribution in [0.4, 0.5) is 4.39 Å². The van der Waals surface area contributed by atoms with Gasteiger partial charge in [0.2, 0.25) is 0 Å². The Morgan fingerprint density at radius 1 is 1.08 bits per heavy atom. The van der Waals surface area contributed by atoms with Crippen LogP contribution in [0, 0.1) is 11.2 Å². The lowest BCUT2D eigenvalue weighted by molar-refractivity contribution is -0.197. The first-order valence-electron chi connectivity index (χ1n) is 9.28. The van der Waals surface area contributed by atoms with Crippen LogP contribution in [0.5, 0.6) is 0 Å². The zero-order chi connectivity index (χ0) is 16.9. The Balaban J connectivity index is 1.12. The van der Waals surface area contributed by atoms with E-state index in [1.165, 1.54) is 31.6 Å². The Labute approximate surface area is 152 Å². The van der Waals surface area contributed by atoms with Gasteiger partial charge in [-0.15, -0.1) is 0 Å². The van der Waals surface area contributed by atoms with Crippen LogP contribution in [0.1, 0.15) is 19.3 Å². The molecule has 1 aromatic carbocycles. The van der Waals surface area contributed by atoms with E-state index >= 15 is 0 Å². The molecule has 4 nitrogen and oxygen atoms in total. The van der Waals surface area contributed by atoms with E-state index in [-0.39, 0.29) is 11.4 Å². The van der Waals surface area contributed by atoms with Crippen molar-refractivity contribution in [3.63, 3.8) is 0 Å². The zero-order valence-electron chi connectivity index (χ0n) is 14.5. The van der Waals surface area contributed by atoms with Gasteiger partial charge in [-0.25, -0.2) is 8.70 Å². The molecule has 1 aromatic rings. The first kappa shape index (κ1) is 16.5. The lowest BCUT2D eigenvalue weighted by Crippen LogP contribution is -2.68. The second-order valence-electron chi connectivity index (χ2n) is 8.22. The van der Waals surface area contributed by atoms with E-state index in [1.54, 1.807) is 11.9 Å². The number of likely N-dealkylation sites (tertiary alicyclic amines) is 1. The van der Waals surface area contributed by atoms with Crippen molar-refractivity contribution >= 4 is 11.9 Å². The molecule has 4 saturated heterocycles. The maximum atomic E-state index is 13.0. The maximum Gasteiger partial charge on any atom is 0.123 e. The lowest BCUT2D eigenvalue weighted by Gasteiger charge is -2.57. The quantitative estimate of drug-likeness (QED) is 0.768. The van der Waals surface area contributed by atoms with Gasteiger partial charge >= 0.3 is 0 Å². The van der Waals surface area contributed by atoms with E-state index in [4.69, 9.17) is 9.47 Å². The van der Waals surface area contributed by atoms with Crippen LogP contribution in [0.2, 0.25) is 0 Å². The minimum Gasteiger partial charge on any atom is -0.380 e. The smallest absolute Gasteiger partial charge is 0.123 e. The number of piperidine rings is 1. The van der Waals surface area contributed by atoms with Crippen molar-refractivity contribution in [2.45, 2.75) is 35.8 Å². The van der Waals surface area contributed by atoms with Gasteiger partial charge in [0.15, 0.2) is 0 Å². The molecular weight excluding hydrogens is 339 g/mol. The van der Waals surface area contributed by atoms with E-state index in [2.05, 4.69) is 9.21 Å². The van der Waals surface area contributed by atoms with Gasteiger partial charge in [-0.05, 0) is 55.5 Å². The normalized spacial score (nSPS) is 31.2. The number of hydrogen-bond acceptors (Lipinski definition) is 5. The Hall–Kier alpha value is -0.660. The third-order valence-corrected chi connectivity index (χ3v) is 7.39. The van der Waals surface area contributed by atoms with Gasteiger partial charge < -0.3 is 9.47 Å². The van der Waals surface area contributed by atoms with Gasteiger partial charge in [0.05, 0.1) is 25.4 Å². The molecule has 0 aliphatic carbocycles. The van der Waals surface area contributed by atoms with Crippen LogP contribution >= 0.6 is 11.9 Å². The zero-order valence-corrected chi connectivity index (χ0v) is 15.3. The van der Waals surface area contributed by atoms with Gasteiger partial charge in [-0.2, -0.15) is 0 Å². The van der Waals surface area contributed by atoms with Crippen molar-refractivity contribution in [1.82, 2.24) is 9.21 Å². The predicted octanol–water partition coefficient (Wildman–Crippen LogP) is 2.79. The largest absolute Gasteiger partial charge is 0.380 e. The molecule has 0 aromatic heterocycles. The highest BCUT2D eigenvalue weighted by atomic mass is 32.2. The van der Waals surface area contributed by atoms with Crippen LogP contribution in [-0.4, -0.2) is 66.8 Å². The van der Waals surface area contributed by atoms with Crippen molar-refractivity contribution in [2.75, 3.05) is 46.0 Å². The first-order chi connectivity index (χ1) is 12.1. The van der Waals surface area contributed by atoms with Gasteiger partial charge in [-0.1, -0.05) is 0 Å². The second kappa shape index (κ2) is 6.20. The molecule has 0 amide bonds. The summed E-state index contributed by atoms with van der Waals surface area (Å²) in [5.41, 5.74) is 0.578. The summed E-state index contributed by atoms with van der Waals surface area (Å²) in [7, 11) is 0. The number of hydrogen-bond donors (Lipinski definition) is 0. The molecule has 1 atom stereocenters. The molecule has 4 aliphatic rings. The van der Waals surface area contributed by atoms with Crippen LogP contribution in [0.15, 0.2) is 29.2 Å². The van der Waals surface area contributed by atoms with Gasteiger partial charge in [-0.3, -0.25) is 4.90 Å². The Bertz CT molecular complexity index is 621.